The molecule has 1 aliphatic carbocycles. The fourth-order valence-corrected chi connectivity index (χ4v) is 4.56. The molecule has 1 aliphatic heterocycles. The number of aliphatic hydroxyl groups is 1. The summed E-state index contributed by atoms with van der Waals surface area (Å²) in [7, 11) is 0. The van der Waals surface area contributed by atoms with Crippen molar-refractivity contribution in [2.24, 2.45) is 0 Å². The molecule has 2 aliphatic rings. The Labute approximate surface area is 164 Å². The molecule has 6 heteroatoms. The molecule has 0 radical (unpaired) electrons. The van der Waals surface area contributed by atoms with Gasteiger partial charge in [0, 0.05) is 28.7 Å². The Morgan fingerprint density at radius 2 is 2.11 bits per heavy atom. The number of carbonyl (C=O) groups excluding carboxylic acids is 1. The van der Waals surface area contributed by atoms with E-state index >= 15 is 0 Å². The van der Waals surface area contributed by atoms with Crippen LogP contribution in [0.15, 0.2) is 24.3 Å². The molecule has 0 fully saturated rings. The topological polar surface area (TPSA) is 74.2 Å². The Bertz CT molecular complexity index is 1050. The van der Waals surface area contributed by atoms with Crippen molar-refractivity contribution >= 4 is 16.8 Å². The van der Waals surface area contributed by atoms with Crippen molar-refractivity contribution in [1.29, 1.82) is 0 Å². The highest BCUT2D eigenvalue weighted by molar-refractivity contribution is 5.98. The molecule has 2 N–H and O–H groups in total. The van der Waals surface area contributed by atoms with Gasteiger partial charge >= 0.3 is 0 Å². The highest BCUT2D eigenvalue weighted by atomic mass is 16.3. The van der Waals surface area contributed by atoms with Gasteiger partial charge in [0.15, 0.2) is 0 Å². The quantitative estimate of drug-likeness (QED) is 0.734. The van der Waals surface area contributed by atoms with Crippen LogP contribution in [0.3, 0.4) is 0 Å². The molecule has 0 saturated heterocycles. The Kier molecular flexibility index (Phi) is 4.23. The maximum atomic E-state index is 13.1. The van der Waals surface area contributed by atoms with Gasteiger partial charge < -0.3 is 15.0 Å². The van der Waals surface area contributed by atoms with E-state index in [0.29, 0.717) is 31.7 Å². The van der Waals surface area contributed by atoms with Crippen LogP contribution in [0.4, 0.5) is 0 Å². The molecule has 6 nitrogen and oxygen atoms in total. The molecule has 1 aromatic carbocycles. The molecule has 0 saturated carbocycles. The van der Waals surface area contributed by atoms with Gasteiger partial charge in [0.25, 0.3) is 5.91 Å². The summed E-state index contributed by atoms with van der Waals surface area (Å²) in [4.78, 5) is 18.5. The standard InChI is InChI=1S/C22H26N4O2/c1-2-21(27)20-12-15-13-25(9-10-26(15)24-20)22(28)14-7-8-17-16-5-3-4-6-18(16)23-19(17)11-14/h7-8,11-12,21,23,27H,2-6,9-10,13H2,1H3/t21-/m1/s1. The number of hydrogen-bond acceptors (Lipinski definition) is 3. The van der Waals surface area contributed by atoms with E-state index in [0.717, 1.165) is 29.6 Å². The summed E-state index contributed by atoms with van der Waals surface area (Å²) >= 11 is 0. The minimum Gasteiger partial charge on any atom is -0.387 e. The van der Waals surface area contributed by atoms with Gasteiger partial charge in [-0.3, -0.25) is 9.48 Å². The predicted octanol–water partition coefficient (Wildman–Crippen LogP) is 3.34. The Balaban J connectivity index is 1.40. The zero-order chi connectivity index (χ0) is 19.3. The van der Waals surface area contributed by atoms with E-state index in [2.05, 4.69) is 16.1 Å². The van der Waals surface area contributed by atoms with E-state index in [4.69, 9.17) is 0 Å². The molecule has 1 amide bonds. The van der Waals surface area contributed by atoms with E-state index in [1.807, 2.05) is 34.7 Å². The summed E-state index contributed by atoms with van der Waals surface area (Å²) in [5, 5.41) is 15.8. The molecular formula is C22H26N4O2. The lowest BCUT2D eigenvalue weighted by Crippen LogP contribution is -2.38. The third-order valence-corrected chi connectivity index (χ3v) is 6.18. The maximum Gasteiger partial charge on any atom is 0.254 e. The van der Waals surface area contributed by atoms with Crippen LogP contribution in [0.5, 0.6) is 0 Å². The van der Waals surface area contributed by atoms with Gasteiger partial charge in [-0.25, -0.2) is 0 Å². The van der Waals surface area contributed by atoms with E-state index in [9.17, 15) is 9.90 Å². The first kappa shape index (κ1) is 17.5. The molecule has 3 heterocycles. The maximum absolute atomic E-state index is 13.1. The number of H-pyrrole nitrogens is 1. The van der Waals surface area contributed by atoms with Gasteiger partial charge in [-0.2, -0.15) is 5.10 Å². The van der Waals surface area contributed by atoms with Crippen LogP contribution in [0.1, 0.15) is 65.3 Å². The van der Waals surface area contributed by atoms with Gasteiger partial charge in [0.1, 0.15) is 0 Å². The number of aromatic nitrogens is 3. The second-order valence-corrected chi connectivity index (χ2v) is 7.98. The summed E-state index contributed by atoms with van der Waals surface area (Å²) in [5.41, 5.74) is 6.27. The molecule has 0 bridgehead atoms. The molecule has 5 rings (SSSR count). The van der Waals surface area contributed by atoms with Crippen LogP contribution in [-0.2, 0) is 25.9 Å². The van der Waals surface area contributed by atoms with Gasteiger partial charge in [0.2, 0.25) is 0 Å². The summed E-state index contributed by atoms with van der Waals surface area (Å²) in [6.45, 7) is 3.76. The number of carbonyl (C=O) groups is 1. The minimum absolute atomic E-state index is 0.0551. The van der Waals surface area contributed by atoms with Gasteiger partial charge in [-0.1, -0.05) is 13.0 Å². The average Bonchev–Trinajstić information content (AvgIpc) is 3.32. The number of rotatable bonds is 3. The number of nitrogens with one attached hydrogen (secondary N) is 1. The number of nitrogens with zero attached hydrogens (tertiary/aromatic N) is 3. The number of aromatic amines is 1. The molecule has 28 heavy (non-hydrogen) atoms. The third-order valence-electron chi connectivity index (χ3n) is 6.18. The lowest BCUT2D eigenvalue weighted by Gasteiger charge is -2.27. The highest BCUT2D eigenvalue weighted by Gasteiger charge is 2.25. The van der Waals surface area contributed by atoms with Crippen molar-refractivity contribution in [3.63, 3.8) is 0 Å². The first-order valence-corrected chi connectivity index (χ1v) is 10.3. The fraction of sp³-hybridized carbons (Fsp3) is 0.455. The van der Waals surface area contributed by atoms with E-state index in [1.54, 1.807) is 0 Å². The average molecular weight is 378 g/mol. The molecule has 0 unspecified atom stereocenters. The summed E-state index contributed by atoms with van der Waals surface area (Å²) in [5.74, 6) is 0.0551. The van der Waals surface area contributed by atoms with Crippen LogP contribution in [0.25, 0.3) is 10.9 Å². The third kappa shape index (κ3) is 2.83. The zero-order valence-corrected chi connectivity index (χ0v) is 16.2. The fourth-order valence-electron chi connectivity index (χ4n) is 4.56. The number of fused-ring (bicyclic) bond motifs is 4. The van der Waals surface area contributed by atoms with E-state index < -0.39 is 6.10 Å². The molecule has 0 spiro atoms. The van der Waals surface area contributed by atoms with Crippen LogP contribution in [-0.4, -0.2) is 37.2 Å². The van der Waals surface area contributed by atoms with E-state index in [-0.39, 0.29) is 5.91 Å². The largest absolute Gasteiger partial charge is 0.387 e. The summed E-state index contributed by atoms with van der Waals surface area (Å²) < 4.78 is 1.92. The Morgan fingerprint density at radius 3 is 2.96 bits per heavy atom. The monoisotopic (exact) mass is 378 g/mol. The first-order valence-electron chi connectivity index (χ1n) is 10.3. The van der Waals surface area contributed by atoms with Gasteiger partial charge in [0.05, 0.1) is 30.6 Å². The molecule has 1 atom stereocenters. The number of benzene rings is 1. The number of hydrogen-bond donors (Lipinski definition) is 2. The van der Waals surface area contributed by atoms with Crippen molar-refractivity contribution in [2.45, 2.75) is 58.2 Å². The van der Waals surface area contributed by atoms with Crippen molar-refractivity contribution in [1.82, 2.24) is 19.7 Å². The van der Waals surface area contributed by atoms with Crippen molar-refractivity contribution in [2.75, 3.05) is 6.54 Å². The van der Waals surface area contributed by atoms with Crippen LogP contribution in [0, 0.1) is 0 Å². The molecular weight excluding hydrogens is 352 g/mol. The lowest BCUT2D eigenvalue weighted by atomic mass is 9.95. The SMILES string of the molecule is CC[C@@H](O)c1cc2n(n1)CCN(C(=O)c1ccc3c4c([nH]c3c1)CCCC4)C2. The Hall–Kier alpha value is -2.60. The number of aryl methyl sites for hydroxylation is 2. The van der Waals surface area contributed by atoms with Gasteiger partial charge in [-0.15, -0.1) is 0 Å². The van der Waals surface area contributed by atoms with Crippen LogP contribution in [0.2, 0.25) is 0 Å². The number of aliphatic hydroxyl groups excluding tert-OH is 1. The van der Waals surface area contributed by atoms with Gasteiger partial charge in [-0.05, 0) is 55.9 Å². The van der Waals surface area contributed by atoms with Crippen molar-refractivity contribution in [3.8, 4) is 0 Å². The lowest BCUT2D eigenvalue weighted by molar-refractivity contribution is 0.0706. The molecule has 146 valence electrons. The van der Waals surface area contributed by atoms with Crippen molar-refractivity contribution < 1.29 is 9.90 Å². The highest BCUT2D eigenvalue weighted by Crippen LogP contribution is 2.30. The summed E-state index contributed by atoms with van der Waals surface area (Å²) in [6.07, 6.45) is 4.82. The van der Waals surface area contributed by atoms with Crippen LogP contribution >= 0.6 is 0 Å². The second kappa shape index (κ2) is 6.78. The minimum atomic E-state index is -0.538. The summed E-state index contributed by atoms with van der Waals surface area (Å²) in [6, 6.07) is 8.00. The predicted molar refractivity (Wildman–Crippen MR) is 107 cm³/mol. The molecule has 3 aromatic rings. The smallest absolute Gasteiger partial charge is 0.254 e. The second-order valence-electron chi connectivity index (χ2n) is 7.98. The zero-order valence-electron chi connectivity index (χ0n) is 16.2. The van der Waals surface area contributed by atoms with Crippen molar-refractivity contribution in [3.05, 3.63) is 52.5 Å². The first-order chi connectivity index (χ1) is 13.6. The Morgan fingerprint density at radius 1 is 1.25 bits per heavy atom. The van der Waals surface area contributed by atoms with Crippen LogP contribution < -0.4 is 0 Å². The normalized spacial score (nSPS) is 17.4. The number of amides is 1. The van der Waals surface area contributed by atoms with E-state index in [1.165, 1.54) is 29.5 Å². The molecule has 2 aromatic heterocycles.